The van der Waals surface area contributed by atoms with Gasteiger partial charge in [0.05, 0.1) is 11.4 Å². The second-order valence-corrected chi connectivity index (χ2v) is 7.83. The van der Waals surface area contributed by atoms with Gasteiger partial charge >= 0.3 is 0 Å². The van der Waals surface area contributed by atoms with E-state index in [1.165, 1.54) is 18.2 Å². The minimum Gasteiger partial charge on any atom is -0.325 e. The molecule has 2 aromatic carbocycles. The van der Waals surface area contributed by atoms with Gasteiger partial charge in [-0.05, 0) is 55.3 Å². The number of hydrogen-bond donors (Lipinski definition) is 2. The highest BCUT2D eigenvalue weighted by Gasteiger charge is 2.16. The third kappa shape index (κ3) is 4.70. The Kier molecular flexibility index (Phi) is 5.87. The molecular formula is C16H16Cl2N2O3S. The Morgan fingerprint density at radius 1 is 1.00 bits per heavy atom. The van der Waals surface area contributed by atoms with Gasteiger partial charge in [-0.3, -0.25) is 4.79 Å². The van der Waals surface area contributed by atoms with Gasteiger partial charge in [-0.2, -0.15) is 0 Å². The van der Waals surface area contributed by atoms with Gasteiger partial charge in [-0.15, -0.1) is 0 Å². The van der Waals surface area contributed by atoms with E-state index < -0.39 is 22.5 Å². The quantitative estimate of drug-likeness (QED) is 0.824. The smallest absolute Gasteiger partial charge is 0.241 e. The van der Waals surface area contributed by atoms with Crippen LogP contribution in [-0.2, 0) is 14.8 Å². The first-order valence-electron chi connectivity index (χ1n) is 7.01. The Morgan fingerprint density at radius 3 is 2.33 bits per heavy atom. The first kappa shape index (κ1) is 18.7. The molecule has 2 aromatic rings. The van der Waals surface area contributed by atoms with Gasteiger partial charge in [0.15, 0.2) is 0 Å². The summed E-state index contributed by atoms with van der Waals surface area (Å²) >= 11 is 11.9. The number of aryl methyl sites for hydroxylation is 2. The molecule has 24 heavy (non-hydrogen) atoms. The van der Waals surface area contributed by atoms with Crippen LogP contribution in [0.2, 0.25) is 10.0 Å². The van der Waals surface area contributed by atoms with Crippen LogP contribution >= 0.6 is 23.2 Å². The molecular weight excluding hydrogens is 371 g/mol. The van der Waals surface area contributed by atoms with Gasteiger partial charge in [-0.25, -0.2) is 13.1 Å². The van der Waals surface area contributed by atoms with Crippen molar-refractivity contribution >= 4 is 44.8 Å². The van der Waals surface area contributed by atoms with Crippen molar-refractivity contribution < 1.29 is 13.2 Å². The highest BCUT2D eigenvalue weighted by molar-refractivity contribution is 7.89. The first-order valence-corrected chi connectivity index (χ1v) is 9.25. The van der Waals surface area contributed by atoms with Gasteiger partial charge in [-0.1, -0.05) is 29.3 Å². The molecule has 0 aromatic heterocycles. The number of sulfonamides is 1. The summed E-state index contributed by atoms with van der Waals surface area (Å²) in [7, 11) is -3.80. The van der Waals surface area contributed by atoms with Crippen LogP contribution in [0.4, 0.5) is 5.69 Å². The fraction of sp³-hybridized carbons (Fsp3) is 0.188. The number of amides is 1. The van der Waals surface area contributed by atoms with Crippen LogP contribution in [0.5, 0.6) is 0 Å². The summed E-state index contributed by atoms with van der Waals surface area (Å²) < 4.78 is 26.6. The third-order valence-electron chi connectivity index (χ3n) is 3.32. The van der Waals surface area contributed by atoms with E-state index in [0.29, 0.717) is 21.3 Å². The third-order valence-corrected chi connectivity index (χ3v) is 5.55. The normalized spacial score (nSPS) is 11.3. The Bertz CT molecular complexity index is 883. The van der Waals surface area contributed by atoms with E-state index >= 15 is 0 Å². The monoisotopic (exact) mass is 386 g/mol. The molecule has 8 heteroatoms. The molecule has 0 radical (unpaired) electrons. The lowest BCUT2D eigenvalue weighted by molar-refractivity contribution is -0.115. The number of benzene rings is 2. The van der Waals surface area contributed by atoms with Crippen LogP contribution in [0.25, 0.3) is 0 Å². The minimum atomic E-state index is -3.80. The molecule has 1 amide bonds. The van der Waals surface area contributed by atoms with Crippen molar-refractivity contribution in [2.75, 3.05) is 11.9 Å². The van der Waals surface area contributed by atoms with Crippen molar-refractivity contribution in [3.8, 4) is 0 Å². The Hall–Kier alpha value is -1.60. The summed E-state index contributed by atoms with van der Waals surface area (Å²) in [5.74, 6) is -0.496. The maximum Gasteiger partial charge on any atom is 0.241 e. The second-order valence-electron chi connectivity index (χ2n) is 5.25. The molecule has 0 aliphatic heterocycles. The van der Waals surface area contributed by atoms with Crippen LogP contribution in [0.3, 0.4) is 0 Å². The average Bonchev–Trinajstić information content (AvgIpc) is 2.52. The molecule has 0 aliphatic rings. The van der Waals surface area contributed by atoms with E-state index in [9.17, 15) is 13.2 Å². The average molecular weight is 387 g/mol. The predicted octanol–water partition coefficient (Wildman–Crippen LogP) is 3.53. The Labute approximate surface area is 151 Å². The summed E-state index contributed by atoms with van der Waals surface area (Å²) in [4.78, 5) is 12.0. The molecule has 0 saturated heterocycles. The zero-order chi connectivity index (χ0) is 17.9. The molecule has 128 valence electrons. The number of halogens is 2. The van der Waals surface area contributed by atoms with E-state index in [-0.39, 0.29) is 4.90 Å². The fourth-order valence-corrected chi connectivity index (χ4v) is 3.27. The number of hydrogen-bond acceptors (Lipinski definition) is 3. The van der Waals surface area contributed by atoms with Crippen molar-refractivity contribution in [1.29, 1.82) is 0 Å². The van der Waals surface area contributed by atoms with Crippen LogP contribution < -0.4 is 10.0 Å². The lowest BCUT2D eigenvalue weighted by Gasteiger charge is -2.09. The summed E-state index contributed by atoms with van der Waals surface area (Å²) in [5.41, 5.74) is 2.02. The summed E-state index contributed by atoms with van der Waals surface area (Å²) in [6.07, 6.45) is 0. The van der Waals surface area contributed by atoms with E-state index in [1.807, 2.05) is 6.92 Å². The lowest BCUT2D eigenvalue weighted by Crippen LogP contribution is -2.32. The molecule has 2 rings (SSSR count). The maximum absolute atomic E-state index is 12.2. The van der Waals surface area contributed by atoms with Gasteiger partial charge in [0, 0.05) is 15.7 Å². The number of carbonyl (C=O) groups is 1. The molecule has 2 N–H and O–H groups in total. The zero-order valence-electron chi connectivity index (χ0n) is 13.1. The minimum absolute atomic E-state index is 0.0515. The summed E-state index contributed by atoms with van der Waals surface area (Å²) in [5, 5.41) is 3.58. The van der Waals surface area contributed by atoms with E-state index in [0.717, 1.165) is 5.56 Å². The van der Waals surface area contributed by atoms with Crippen LogP contribution in [0.15, 0.2) is 41.3 Å². The van der Waals surface area contributed by atoms with Gasteiger partial charge < -0.3 is 5.32 Å². The number of nitrogens with one attached hydrogen (secondary N) is 2. The number of carbonyl (C=O) groups excluding carboxylic acids is 1. The Balaban J connectivity index is 2.01. The largest absolute Gasteiger partial charge is 0.325 e. The molecule has 0 fully saturated rings. The molecule has 0 unspecified atom stereocenters. The van der Waals surface area contributed by atoms with Gasteiger partial charge in [0.1, 0.15) is 0 Å². The van der Waals surface area contributed by atoms with Gasteiger partial charge in [0.2, 0.25) is 15.9 Å². The Morgan fingerprint density at radius 2 is 1.71 bits per heavy atom. The number of anilines is 1. The zero-order valence-corrected chi connectivity index (χ0v) is 15.4. The van der Waals surface area contributed by atoms with E-state index in [1.54, 1.807) is 25.1 Å². The van der Waals surface area contributed by atoms with Crippen molar-refractivity contribution in [2.45, 2.75) is 18.7 Å². The molecule has 0 aliphatic carbocycles. The number of rotatable bonds is 5. The fourth-order valence-electron chi connectivity index (χ4n) is 1.90. The highest BCUT2D eigenvalue weighted by Crippen LogP contribution is 2.20. The molecule has 0 saturated carbocycles. The molecule has 0 heterocycles. The van der Waals surface area contributed by atoms with E-state index in [4.69, 9.17) is 23.2 Å². The van der Waals surface area contributed by atoms with Crippen LogP contribution in [0.1, 0.15) is 11.1 Å². The van der Waals surface area contributed by atoms with Crippen molar-refractivity contribution in [3.63, 3.8) is 0 Å². The maximum atomic E-state index is 12.2. The summed E-state index contributed by atoms with van der Waals surface area (Å²) in [6.45, 7) is 3.15. The predicted molar refractivity (Wildman–Crippen MR) is 96.2 cm³/mol. The highest BCUT2D eigenvalue weighted by atomic mass is 35.5. The van der Waals surface area contributed by atoms with Crippen molar-refractivity contribution in [2.24, 2.45) is 0 Å². The van der Waals surface area contributed by atoms with Crippen molar-refractivity contribution in [3.05, 3.63) is 57.6 Å². The van der Waals surface area contributed by atoms with Crippen LogP contribution in [0, 0.1) is 13.8 Å². The standard InChI is InChI=1S/C16H16Cl2N2O3S/c1-10-3-4-12(8-15(10)18)20-16(21)9-19-24(22,23)13-5-6-14(17)11(2)7-13/h3-8,19H,9H2,1-2H3,(H,20,21). The van der Waals surface area contributed by atoms with E-state index in [2.05, 4.69) is 10.0 Å². The molecule has 0 spiro atoms. The molecule has 5 nitrogen and oxygen atoms in total. The van der Waals surface area contributed by atoms with Crippen molar-refractivity contribution in [1.82, 2.24) is 4.72 Å². The molecule has 0 bridgehead atoms. The topological polar surface area (TPSA) is 75.3 Å². The first-order chi connectivity index (χ1) is 11.2. The van der Waals surface area contributed by atoms with Crippen LogP contribution in [-0.4, -0.2) is 20.9 Å². The second kappa shape index (κ2) is 7.53. The SMILES string of the molecule is Cc1cc(S(=O)(=O)NCC(=O)Nc2ccc(C)c(Cl)c2)ccc1Cl. The lowest BCUT2D eigenvalue weighted by atomic mass is 10.2. The molecule has 0 atom stereocenters. The van der Waals surface area contributed by atoms with Gasteiger partial charge in [0.25, 0.3) is 0 Å². The summed E-state index contributed by atoms with van der Waals surface area (Å²) in [6, 6.07) is 9.39.